The lowest BCUT2D eigenvalue weighted by Crippen LogP contribution is -2.11. The lowest BCUT2D eigenvalue weighted by molar-refractivity contribution is 0.103. The number of aromatic nitrogens is 2. The van der Waals surface area contributed by atoms with Crippen molar-refractivity contribution in [3.8, 4) is 0 Å². The standard InChI is InChI=1S/C16H14N4O/c1-9-6-7-19-16(18)14(9)15(21)13-8-11(17)10-4-2-3-5-12(10)20-13/h2-8H,1H3,(H2,17,20)(H2,18,19). The molecular weight excluding hydrogens is 264 g/mol. The van der Waals surface area contributed by atoms with Crippen LogP contribution in [0.4, 0.5) is 11.5 Å². The van der Waals surface area contributed by atoms with Crippen LogP contribution < -0.4 is 11.5 Å². The molecule has 21 heavy (non-hydrogen) atoms. The van der Waals surface area contributed by atoms with Crippen molar-refractivity contribution in [3.63, 3.8) is 0 Å². The first-order valence-corrected chi connectivity index (χ1v) is 6.49. The molecule has 5 nitrogen and oxygen atoms in total. The summed E-state index contributed by atoms with van der Waals surface area (Å²) < 4.78 is 0. The highest BCUT2D eigenvalue weighted by Crippen LogP contribution is 2.23. The number of para-hydroxylation sites is 1. The van der Waals surface area contributed by atoms with E-state index in [2.05, 4.69) is 9.97 Å². The fourth-order valence-electron chi connectivity index (χ4n) is 2.32. The molecule has 0 amide bonds. The minimum absolute atomic E-state index is 0.202. The molecule has 5 heteroatoms. The summed E-state index contributed by atoms with van der Waals surface area (Å²) in [4.78, 5) is 21.0. The lowest BCUT2D eigenvalue weighted by Gasteiger charge is -2.09. The molecule has 3 rings (SSSR count). The number of hydrogen-bond acceptors (Lipinski definition) is 5. The summed E-state index contributed by atoms with van der Waals surface area (Å²) in [6.45, 7) is 1.82. The number of rotatable bonds is 2. The highest BCUT2D eigenvalue weighted by molar-refractivity contribution is 6.13. The minimum Gasteiger partial charge on any atom is -0.398 e. The van der Waals surface area contributed by atoms with Crippen molar-refractivity contribution in [2.45, 2.75) is 6.92 Å². The SMILES string of the molecule is Cc1ccnc(N)c1C(=O)c1cc(N)c2ccccc2n1. The lowest BCUT2D eigenvalue weighted by atomic mass is 10.0. The zero-order valence-corrected chi connectivity index (χ0v) is 11.5. The number of hydrogen-bond donors (Lipinski definition) is 2. The molecular formula is C16H14N4O. The van der Waals surface area contributed by atoms with E-state index in [1.165, 1.54) is 0 Å². The molecule has 1 aromatic carbocycles. The maximum absolute atomic E-state index is 12.6. The molecule has 0 aliphatic rings. The van der Waals surface area contributed by atoms with Gasteiger partial charge in [0.25, 0.3) is 0 Å². The smallest absolute Gasteiger partial charge is 0.215 e. The number of nitrogens with two attached hydrogens (primary N) is 2. The van der Waals surface area contributed by atoms with Crippen molar-refractivity contribution >= 4 is 28.2 Å². The highest BCUT2D eigenvalue weighted by Gasteiger charge is 2.18. The van der Waals surface area contributed by atoms with Gasteiger partial charge in [0.05, 0.1) is 11.1 Å². The van der Waals surface area contributed by atoms with Gasteiger partial charge in [-0.1, -0.05) is 18.2 Å². The zero-order valence-electron chi connectivity index (χ0n) is 11.5. The summed E-state index contributed by atoms with van der Waals surface area (Å²) in [5.74, 6) is -0.0657. The fraction of sp³-hybridized carbons (Fsp3) is 0.0625. The van der Waals surface area contributed by atoms with E-state index in [-0.39, 0.29) is 17.3 Å². The largest absolute Gasteiger partial charge is 0.398 e. The van der Waals surface area contributed by atoms with E-state index in [0.717, 1.165) is 10.9 Å². The molecule has 0 radical (unpaired) electrons. The summed E-state index contributed by atoms with van der Waals surface area (Å²) in [6, 6.07) is 10.7. The second-order valence-corrected chi connectivity index (χ2v) is 4.83. The van der Waals surface area contributed by atoms with Crippen molar-refractivity contribution < 1.29 is 4.79 Å². The van der Waals surface area contributed by atoms with E-state index in [9.17, 15) is 4.79 Å². The van der Waals surface area contributed by atoms with E-state index in [4.69, 9.17) is 11.5 Å². The Morgan fingerprint density at radius 2 is 1.90 bits per heavy atom. The quantitative estimate of drug-likeness (QED) is 0.701. The summed E-state index contributed by atoms with van der Waals surface area (Å²) in [6.07, 6.45) is 1.57. The van der Waals surface area contributed by atoms with Gasteiger partial charge in [0, 0.05) is 17.3 Å². The van der Waals surface area contributed by atoms with Gasteiger partial charge in [0.15, 0.2) is 0 Å². The molecule has 2 aromatic heterocycles. The number of anilines is 2. The maximum atomic E-state index is 12.6. The number of fused-ring (bicyclic) bond motifs is 1. The van der Waals surface area contributed by atoms with Gasteiger partial charge in [0.1, 0.15) is 11.5 Å². The summed E-state index contributed by atoms with van der Waals surface area (Å²) in [5, 5.41) is 0.824. The Hall–Kier alpha value is -2.95. The van der Waals surface area contributed by atoms with Crippen LogP contribution in [0.25, 0.3) is 10.9 Å². The summed E-state index contributed by atoms with van der Waals surface area (Å²) in [5.41, 5.74) is 14.4. The van der Waals surface area contributed by atoms with Gasteiger partial charge in [-0.25, -0.2) is 9.97 Å². The number of nitrogen functional groups attached to an aromatic ring is 2. The Kier molecular flexibility index (Phi) is 3.02. The first-order chi connectivity index (χ1) is 10.1. The molecule has 0 saturated carbocycles. The summed E-state index contributed by atoms with van der Waals surface area (Å²) in [7, 11) is 0. The molecule has 4 N–H and O–H groups in total. The second kappa shape index (κ2) is 4.86. The number of ketones is 1. The van der Waals surface area contributed by atoms with Crippen LogP contribution in [-0.2, 0) is 0 Å². The zero-order chi connectivity index (χ0) is 15.0. The Balaban J connectivity index is 2.19. The predicted molar refractivity (Wildman–Crippen MR) is 83.0 cm³/mol. The molecule has 0 spiro atoms. The minimum atomic E-state index is -0.268. The van der Waals surface area contributed by atoms with E-state index < -0.39 is 0 Å². The fourth-order valence-corrected chi connectivity index (χ4v) is 2.32. The van der Waals surface area contributed by atoms with Gasteiger partial charge in [-0.2, -0.15) is 0 Å². The van der Waals surface area contributed by atoms with Crippen LogP contribution in [0.15, 0.2) is 42.6 Å². The molecule has 0 bridgehead atoms. The van der Waals surface area contributed by atoms with Crippen molar-refractivity contribution in [1.29, 1.82) is 0 Å². The van der Waals surface area contributed by atoms with E-state index in [1.54, 1.807) is 18.3 Å². The van der Waals surface area contributed by atoms with Crippen molar-refractivity contribution in [2.75, 3.05) is 11.5 Å². The average Bonchev–Trinajstić information content (AvgIpc) is 2.47. The monoisotopic (exact) mass is 278 g/mol. The van der Waals surface area contributed by atoms with E-state index in [1.807, 2.05) is 31.2 Å². The number of nitrogens with zero attached hydrogens (tertiary/aromatic N) is 2. The van der Waals surface area contributed by atoms with Crippen molar-refractivity contribution in [2.24, 2.45) is 0 Å². The average molecular weight is 278 g/mol. The third-order valence-corrected chi connectivity index (χ3v) is 3.40. The number of carbonyl (C=O) groups excluding carboxylic acids is 1. The first-order valence-electron chi connectivity index (χ1n) is 6.49. The number of pyridine rings is 2. The van der Waals surface area contributed by atoms with Crippen LogP contribution in [-0.4, -0.2) is 15.8 Å². The molecule has 104 valence electrons. The van der Waals surface area contributed by atoms with Crippen LogP contribution >= 0.6 is 0 Å². The molecule has 0 aliphatic carbocycles. The van der Waals surface area contributed by atoms with E-state index >= 15 is 0 Å². The van der Waals surface area contributed by atoms with E-state index in [0.29, 0.717) is 16.8 Å². The molecule has 0 fully saturated rings. The molecule has 0 atom stereocenters. The van der Waals surface area contributed by atoms with Crippen LogP contribution in [0.3, 0.4) is 0 Å². The van der Waals surface area contributed by atoms with Gasteiger partial charge >= 0.3 is 0 Å². The summed E-state index contributed by atoms with van der Waals surface area (Å²) >= 11 is 0. The van der Waals surface area contributed by atoms with Gasteiger partial charge < -0.3 is 11.5 Å². The highest BCUT2D eigenvalue weighted by atomic mass is 16.1. The molecule has 0 unspecified atom stereocenters. The van der Waals surface area contributed by atoms with Crippen molar-refractivity contribution in [3.05, 3.63) is 59.4 Å². The van der Waals surface area contributed by atoms with Gasteiger partial charge in [0.2, 0.25) is 5.78 Å². The number of carbonyl (C=O) groups is 1. The first kappa shape index (κ1) is 13.1. The Morgan fingerprint density at radius 1 is 1.14 bits per heavy atom. The topological polar surface area (TPSA) is 94.9 Å². The van der Waals surface area contributed by atoms with Crippen LogP contribution in [0.2, 0.25) is 0 Å². The second-order valence-electron chi connectivity index (χ2n) is 4.83. The Bertz CT molecular complexity index is 838. The maximum Gasteiger partial charge on any atom is 0.215 e. The van der Waals surface area contributed by atoms with Crippen LogP contribution in [0, 0.1) is 6.92 Å². The van der Waals surface area contributed by atoms with Crippen molar-refractivity contribution in [1.82, 2.24) is 9.97 Å². The van der Waals surface area contributed by atoms with Gasteiger partial charge in [-0.3, -0.25) is 4.79 Å². The third-order valence-electron chi connectivity index (χ3n) is 3.40. The Labute approximate surface area is 121 Å². The van der Waals surface area contributed by atoms with Crippen LogP contribution in [0.1, 0.15) is 21.6 Å². The Morgan fingerprint density at radius 3 is 2.67 bits per heavy atom. The number of aryl methyl sites for hydroxylation is 1. The third kappa shape index (κ3) is 2.18. The molecule has 2 heterocycles. The van der Waals surface area contributed by atoms with Crippen LogP contribution in [0.5, 0.6) is 0 Å². The molecule has 3 aromatic rings. The predicted octanol–water partition coefficient (Wildman–Crippen LogP) is 2.33. The molecule has 0 saturated heterocycles. The van der Waals surface area contributed by atoms with Gasteiger partial charge in [-0.15, -0.1) is 0 Å². The molecule has 0 aliphatic heterocycles. The number of benzene rings is 1. The normalized spacial score (nSPS) is 10.7. The van der Waals surface area contributed by atoms with Gasteiger partial charge in [-0.05, 0) is 30.7 Å².